The molecule has 0 fully saturated rings. The van der Waals surface area contributed by atoms with Gasteiger partial charge in [0.1, 0.15) is 11.4 Å². The molecule has 0 aliphatic heterocycles. The number of aromatic amines is 1. The van der Waals surface area contributed by atoms with Crippen LogP contribution in [0.1, 0.15) is 12.7 Å². The molecule has 0 saturated carbocycles. The average molecular weight is 257 g/mol. The van der Waals surface area contributed by atoms with Crippen LogP contribution in [-0.2, 0) is 5.60 Å². The molecule has 0 amide bonds. The highest BCUT2D eigenvalue weighted by molar-refractivity contribution is 5.77. The third-order valence-electron chi connectivity index (χ3n) is 3.04. The minimum atomic E-state index is -1.08. The van der Waals surface area contributed by atoms with Crippen LogP contribution < -0.4 is 5.32 Å². The molecule has 0 saturated heterocycles. The molecule has 3 aromatic rings. The molecule has 0 aliphatic rings. The summed E-state index contributed by atoms with van der Waals surface area (Å²) in [6, 6.07) is 11.3. The van der Waals surface area contributed by atoms with Crippen LogP contribution in [0.25, 0.3) is 11.0 Å². The molecule has 0 aliphatic carbocycles. The summed E-state index contributed by atoms with van der Waals surface area (Å²) in [5.74, 6) is 1.16. The molecular formula is C14H15N3O2. The second-order valence-corrected chi connectivity index (χ2v) is 4.71. The lowest BCUT2D eigenvalue weighted by Gasteiger charge is -2.20. The van der Waals surface area contributed by atoms with Crippen molar-refractivity contribution in [1.82, 2.24) is 9.97 Å². The van der Waals surface area contributed by atoms with Crippen molar-refractivity contribution in [2.24, 2.45) is 0 Å². The lowest BCUT2D eigenvalue weighted by atomic mass is 10.0. The number of anilines is 1. The Morgan fingerprint density at radius 3 is 2.89 bits per heavy atom. The van der Waals surface area contributed by atoms with Crippen molar-refractivity contribution in [2.75, 3.05) is 11.9 Å². The van der Waals surface area contributed by atoms with Crippen molar-refractivity contribution in [3.63, 3.8) is 0 Å². The number of nitrogens with zero attached hydrogens (tertiary/aromatic N) is 1. The molecule has 5 nitrogen and oxygen atoms in total. The van der Waals surface area contributed by atoms with E-state index in [1.165, 1.54) is 0 Å². The first-order valence-electron chi connectivity index (χ1n) is 6.10. The maximum Gasteiger partial charge on any atom is 0.201 e. The van der Waals surface area contributed by atoms with E-state index in [0.717, 1.165) is 11.0 Å². The zero-order valence-corrected chi connectivity index (χ0v) is 10.6. The summed E-state index contributed by atoms with van der Waals surface area (Å²) >= 11 is 0. The number of fused-ring (bicyclic) bond motifs is 1. The van der Waals surface area contributed by atoms with Crippen LogP contribution in [0.3, 0.4) is 0 Å². The van der Waals surface area contributed by atoms with E-state index in [9.17, 15) is 5.11 Å². The van der Waals surface area contributed by atoms with Crippen molar-refractivity contribution in [1.29, 1.82) is 0 Å². The summed E-state index contributed by atoms with van der Waals surface area (Å²) in [6.07, 6.45) is 1.55. The van der Waals surface area contributed by atoms with Gasteiger partial charge < -0.3 is 19.8 Å². The highest BCUT2D eigenvalue weighted by atomic mass is 16.4. The molecule has 1 atom stereocenters. The molecule has 98 valence electrons. The predicted molar refractivity (Wildman–Crippen MR) is 72.9 cm³/mol. The van der Waals surface area contributed by atoms with Gasteiger partial charge >= 0.3 is 0 Å². The fourth-order valence-corrected chi connectivity index (χ4v) is 1.96. The smallest absolute Gasteiger partial charge is 0.201 e. The number of nitrogens with one attached hydrogen (secondary N) is 2. The molecule has 5 heteroatoms. The fourth-order valence-electron chi connectivity index (χ4n) is 1.96. The van der Waals surface area contributed by atoms with Gasteiger partial charge in [-0.25, -0.2) is 4.98 Å². The Bertz CT molecular complexity index is 638. The zero-order valence-electron chi connectivity index (χ0n) is 10.6. The van der Waals surface area contributed by atoms with Gasteiger partial charge in [-0.05, 0) is 31.2 Å². The van der Waals surface area contributed by atoms with E-state index in [-0.39, 0.29) is 0 Å². The van der Waals surface area contributed by atoms with Crippen molar-refractivity contribution in [3.8, 4) is 0 Å². The van der Waals surface area contributed by atoms with Crippen LogP contribution in [0.4, 0.5) is 5.95 Å². The van der Waals surface area contributed by atoms with E-state index in [2.05, 4.69) is 15.3 Å². The Balaban J connectivity index is 1.75. The van der Waals surface area contributed by atoms with Crippen molar-refractivity contribution >= 4 is 17.0 Å². The molecule has 3 N–H and O–H groups in total. The Hall–Kier alpha value is -2.27. The molecule has 0 spiro atoms. The molecule has 2 heterocycles. The first-order valence-corrected chi connectivity index (χ1v) is 6.10. The van der Waals surface area contributed by atoms with Gasteiger partial charge in [0.2, 0.25) is 5.95 Å². The summed E-state index contributed by atoms with van der Waals surface area (Å²) in [4.78, 5) is 7.54. The number of para-hydroxylation sites is 2. The maximum absolute atomic E-state index is 10.3. The van der Waals surface area contributed by atoms with Crippen molar-refractivity contribution in [2.45, 2.75) is 12.5 Å². The highest BCUT2D eigenvalue weighted by Crippen LogP contribution is 2.21. The number of H-pyrrole nitrogens is 1. The number of imidazole rings is 1. The second-order valence-electron chi connectivity index (χ2n) is 4.71. The van der Waals surface area contributed by atoms with E-state index < -0.39 is 5.60 Å². The van der Waals surface area contributed by atoms with Crippen LogP contribution in [0.5, 0.6) is 0 Å². The quantitative estimate of drug-likeness (QED) is 0.671. The van der Waals surface area contributed by atoms with Gasteiger partial charge in [0, 0.05) is 0 Å². The third-order valence-corrected chi connectivity index (χ3v) is 3.04. The molecule has 0 radical (unpaired) electrons. The standard InChI is InChI=1S/C14H15N3O2/c1-14(18,12-7-4-8-19-12)9-15-13-16-10-5-2-3-6-11(10)17-13/h2-8,18H,9H2,1H3,(H2,15,16,17). The average Bonchev–Trinajstić information content (AvgIpc) is 3.05. The van der Waals surface area contributed by atoms with Crippen LogP contribution in [-0.4, -0.2) is 21.6 Å². The van der Waals surface area contributed by atoms with Gasteiger partial charge in [-0.1, -0.05) is 12.1 Å². The largest absolute Gasteiger partial charge is 0.466 e. The topological polar surface area (TPSA) is 74.1 Å². The van der Waals surface area contributed by atoms with Gasteiger partial charge in [-0.15, -0.1) is 0 Å². The van der Waals surface area contributed by atoms with Gasteiger partial charge in [0.15, 0.2) is 0 Å². The van der Waals surface area contributed by atoms with Gasteiger partial charge in [-0.3, -0.25) is 0 Å². The minimum Gasteiger partial charge on any atom is -0.466 e. The summed E-state index contributed by atoms with van der Waals surface area (Å²) in [6.45, 7) is 2.00. The summed E-state index contributed by atoms with van der Waals surface area (Å²) < 4.78 is 5.23. The van der Waals surface area contributed by atoms with E-state index in [1.807, 2.05) is 24.3 Å². The van der Waals surface area contributed by atoms with Gasteiger partial charge in [0.25, 0.3) is 0 Å². The zero-order chi connectivity index (χ0) is 13.3. The Labute approximate surface area is 110 Å². The molecule has 19 heavy (non-hydrogen) atoms. The number of aliphatic hydroxyl groups is 1. The van der Waals surface area contributed by atoms with Gasteiger partial charge in [-0.2, -0.15) is 0 Å². The van der Waals surface area contributed by atoms with E-state index in [4.69, 9.17) is 4.42 Å². The SMILES string of the molecule is CC(O)(CNc1nc2ccccc2[nH]1)c1ccco1. The molecule has 2 aromatic heterocycles. The normalized spacial score (nSPS) is 14.4. The molecule has 1 unspecified atom stereocenters. The van der Waals surface area contributed by atoms with Gasteiger partial charge in [0.05, 0.1) is 23.8 Å². The van der Waals surface area contributed by atoms with E-state index in [0.29, 0.717) is 18.3 Å². The minimum absolute atomic E-state index is 0.306. The van der Waals surface area contributed by atoms with Crippen molar-refractivity contribution in [3.05, 3.63) is 48.4 Å². The lowest BCUT2D eigenvalue weighted by Crippen LogP contribution is -2.30. The monoisotopic (exact) mass is 257 g/mol. The Morgan fingerprint density at radius 1 is 1.32 bits per heavy atom. The summed E-state index contributed by atoms with van der Waals surface area (Å²) in [5.41, 5.74) is 0.771. The first kappa shape index (κ1) is 11.8. The maximum atomic E-state index is 10.3. The Morgan fingerprint density at radius 2 is 2.16 bits per heavy atom. The van der Waals surface area contributed by atoms with E-state index in [1.54, 1.807) is 25.3 Å². The number of hydrogen-bond acceptors (Lipinski definition) is 4. The fraction of sp³-hybridized carbons (Fsp3) is 0.214. The lowest BCUT2D eigenvalue weighted by molar-refractivity contribution is 0.0475. The Kier molecular flexibility index (Phi) is 2.76. The number of aromatic nitrogens is 2. The number of furan rings is 1. The van der Waals surface area contributed by atoms with Crippen LogP contribution in [0.2, 0.25) is 0 Å². The summed E-state index contributed by atoms with van der Waals surface area (Å²) in [7, 11) is 0. The highest BCUT2D eigenvalue weighted by Gasteiger charge is 2.26. The first-order chi connectivity index (χ1) is 9.15. The van der Waals surface area contributed by atoms with Crippen LogP contribution in [0, 0.1) is 0 Å². The van der Waals surface area contributed by atoms with Crippen LogP contribution in [0.15, 0.2) is 47.1 Å². The van der Waals surface area contributed by atoms with Crippen molar-refractivity contribution < 1.29 is 9.52 Å². The second kappa shape index (κ2) is 4.44. The number of rotatable bonds is 4. The number of hydrogen-bond donors (Lipinski definition) is 3. The number of benzene rings is 1. The molecule has 3 rings (SSSR count). The summed E-state index contributed by atoms with van der Waals surface area (Å²) in [5, 5.41) is 13.4. The molecular weight excluding hydrogens is 242 g/mol. The molecule has 1 aromatic carbocycles. The third kappa shape index (κ3) is 2.32. The molecule has 0 bridgehead atoms. The van der Waals surface area contributed by atoms with Crippen LogP contribution >= 0.6 is 0 Å². The predicted octanol–water partition coefficient (Wildman–Crippen LogP) is 2.48. The van der Waals surface area contributed by atoms with E-state index >= 15 is 0 Å².